The normalized spacial score (nSPS) is 15.7. The van der Waals surface area contributed by atoms with E-state index in [-0.39, 0.29) is 5.56 Å². The van der Waals surface area contributed by atoms with E-state index in [1.165, 1.54) is 18.4 Å². The summed E-state index contributed by atoms with van der Waals surface area (Å²) in [4.78, 5) is 31.6. The Hall–Kier alpha value is -3.97. The zero-order chi connectivity index (χ0) is 23.8. The smallest absolute Gasteiger partial charge is 0.338 e. The molecule has 0 radical (unpaired) electrons. The van der Waals surface area contributed by atoms with Crippen LogP contribution in [-0.2, 0) is 9.53 Å². The van der Waals surface area contributed by atoms with E-state index in [4.69, 9.17) is 9.47 Å². The molecule has 1 aromatic heterocycles. The molecule has 5 rings (SSSR count). The van der Waals surface area contributed by atoms with Gasteiger partial charge in [-0.25, -0.2) is 9.79 Å². The fourth-order valence-electron chi connectivity index (χ4n) is 4.38. The van der Waals surface area contributed by atoms with Gasteiger partial charge in [0.1, 0.15) is 5.75 Å². The van der Waals surface area contributed by atoms with Gasteiger partial charge in [0.15, 0.2) is 4.80 Å². The van der Waals surface area contributed by atoms with Crippen molar-refractivity contribution < 1.29 is 14.3 Å². The number of hydrogen-bond acceptors (Lipinski definition) is 6. The maximum Gasteiger partial charge on any atom is 0.338 e. The summed E-state index contributed by atoms with van der Waals surface area (Å²) in [5.74, 6) is 0.177. The summed E-state index contributed by atoms with van der Waals surface area (Å²) in [5, 5.41) is 2.03. The van der Waals surface area contributed by atoms with Gasteiger partial charge >= 0.3 is 5.97 Å². The first-order chi connectivity index (χ1) is 16.5. The molecule has 3 aromatic carbocycles. The average Bonchev–Trinajstić information content (AvgIpc) is 3.17. The zero-order valence-electron chi connectivity index (χ0n) is 18.9. The zero-order valence-corrected chi connectivity index (χ0v) is 19.8. The fourth-order valence-corrected chi connectivity index (χ4v) is 5.41. The summed E-state index contributed by atoms with van der Waals surface area (Å²) in [7, 11) is 2.95. The Balaban J connectivity index is 1.80. The maximum absolute atomic E-state index is 13.8. The average molecular weight is 471 g/mol. The van der Waals surface area contributed by atoms with Crippen LogP contribution in [-0.4, -0.2) is 24.8 Å². The van der Waals surface area contributed by atoms with Crippen LogP contribution < -0.4 is 19.6 Å². The van der Waals surface area contributed by atoms with Gasteiger partial charge in [-0.15, -0.1) is 0 Å². The minimum Gasteiger partial charge on any atom is -0.496 e. The molecule has 170 valence electrons. The number of fused-ring (bicyclic) bond motifs is 2. The molecule has 0 spiro atoms. The van der Waals surface area contributed by atoms with E-state index in [2.05, 4.69) is 4.99 Å². The lowest BCUT2D eigenvalue weighted by atomic mass is 9.96. The van der Waals surface area contributed by atoms with Crippen LogP contribution in [0.2, 0.25) is 0 Å². The Bertz CT molecular complexity index is 1630. The van der Waals surface area contributed by atoms with Gasteiger partial charge in [0.2, 0.25) is 0 Å². The van der Waals surface area contributed by atoms with Crippen molar-refractivity contribution in [2.24, 2.45) is 4.99 Å². The number of nitrogens with zero attached hydrogens (tertiary/aromatic N) is 2. The van der Waals surface area contributed by atoms with E-state index in [0.717, 1.165) is 21.9 Å². The number of esters is 1. The van der Waals surface area contributed by atoms with Gasteiger partial charge in [-0.3, -0.25) is 9.36 Å². The van der Waals surface area contributed by atoms with Crippen molar-refractivity contribution in [3.8, 4) is 5.75 Å². The molecule has 1 aliphatic heterocycles. The number of allylic oxidation sites excluding steroid dienone is 1. The van der Waals surface area contributed by atoms with Crippen LogP contribution in [0, 0.1) is 0 Å². The highest BCUT2D eigenvalue weighted by atomic mass is 32.1. The third kappa shape index (κ3) is 3.54. The predicted molar refractivity (Wildman–Crippen MR) is 133 cm³/mol. The lowest BCUT2D eigenvalue weighted by Gasteiger charge is -2.24. The van der Waals surface area contributed by atoms with Crippen LogP contribution in [0.1, 0.15) is 24.1 Å². The van der Waals surface area contributed by atoms with Gasteiger partial charge in [0.25, 0.3) is 5.56 Å². The lowest BCUT2D eigenvalue weighted by Crippen LogP contribution is -2.39. The van der Waals surface area contributed by atoms with Crippen LogP contribution in [0.15, 0.2) is 87.8 Å². The monoisotopic (exact) mass is 470 g/mol. The van der Waals surface area contributed by atoms with Crippen molar-refractivity contribution in [3.05, 3.63) is 109 Å². The predicted octanol–water partition coefficient (Wildman–Crippen LogP) is 3.57. The van der Waals surface area contributed by atoms with Crippen molar-refractivity contribution in [3.63, 3.8) is 0 Å². The molecule has 0 aliphatic carbocycles. The lowest BCUT2D eigenvalue weighted by molar-refractivity contribution is -0.136. The summed E-state index contributed by atoms with van der Waals surface area (Å²) < 4.78 is 12.8. The Labute approximate surface area is 199 Å². The number of aromatic nitrogens is 1. The van der Waals surface area contributed by atoms with E-state index in [1.807, 2.05) is 72.8 Å². The van der Waals surface area contributed by atoms with Gasteiger partial charge in [-0.05, 0) is 35.4 Å². The largest absolute Gasteiger partial charge is 0.496 e. The molecule has 1 atom stereocenters. The third-order valence-corrected chi connectivity index (χ3v) is 6.95. The molecule has 34 heavy (non-hydrogen) atoms. The minimum atomic E-state index is -0.624. The second-order valence-corrected chi connectivity index (χ2v) is 8.90. The van der Waals surface area contributed by atoms with Crippen LogP contribution in [0.5, 0.6) is 5.75 Å². The number of ether oxygens (including phenoxy) is 2. The van der Waals surface area contributed by atoms with E-state index in [1.54, 1.807) is 18.6 Å². The second kappa shape index (κ2) is 8.76. The molecule has 0 amide bonds. The Morgan fingerprint density at radius 2 is 1.76 bits per heavy atom. The summed E-state index contributed by atoms with van der Waals surface area (Å²) in [5.41, 5.74) is 2.31. The third-order valence-electron chi connectivity index (χ3n) is 5.97. The molecule has 0 saturated heterocycles. The Morgan fingerprint density at radius 3 is 2.50 bits per heavy atom. The SMILES string of the molecule is COC(=O)C1=C(C)N=c2s/c(=C\c3c(OC)ccc4ccccc34)c(=O)n2[C@H]1c1ccccc1. The first-order valence-corrected chi connectivity index (χ1v) is 11.6. The molecule has 0 saturated carbocycles. The number of hydrogen-bond donors (Lipinski definition) is 0. The first-order valence-electron chi connectivity index (χ1n) is 10.7. The summed E-state index contributed by atoms with van der Waals surface area (Å²) in [6.45, 7) is 1.77. The quantitative estimate of drug-likeness (QED) is 0.428. The van der Waals surface area contributed by atoms with Crippen molar-refractivity contribution >= 4 is 34.2 Å². The number of carbonyl (C=O) groups excluding carboxylic acids is 1. The van der Waals surface area contributed by atoms with E-state index in [0.29, 0.717) is 26.4 Å². The molecule has 0 fully saturated rings. The molecule has 0 N–H and O–H groups in total. The molecule has 0 bridgehead atoms. The molecule has 6 nitrogen and oxygen atoms in total. The summed E-state index contributed by atoms with van der Waals surface area (Å²) in [6.07, 6.45) is 1.85. The van der Waals surface area contributed by atoms with Crippen LogP contribution >= 0.6 is 11.3 Å². The molecule has 7 heteroatoms. The Kier molecular flexibility index (Phi) is 5.63. The number of benzene rings is 3. The van der Waals surface area contributed by atoms with E-state index in [9.17, 15) is 9.59 Å². The number of methoxy groups -OCH3 is 2. The first kappa shape index (κ1) is 21.9. The van der Waals surface area contributed by atoms with Crippen molar-refractivity contribution in [1.29, 1.82) is 0 Å². The van der Waals surface area contributed by atoms with Gasteiger partial charge in [0.05, 0.1) is 36.1 Å². The summed E-state index contributed by atoms with van der Waals surface area (Å²) in [6, 6.07) is 20.7. The van der Waals surface area contributed by atoms with Crippen LogP contribution in [0.3, 0.4) is 0 Å². The standard InChI is InChI=1S/C27H22N2O4S/c1-16-23(26(31)33-3)24(18-10-5-4-6-11-18)29-25(30)22(34-27(29)28-16)15-20-19-12-8-7-9-17(19)13-14-21(20)32-2/h4-15,24H,1-3H3/b22-15-/t24-/m0/s1. The highest BCUT2D eigenvalue weighted by molar-refractivity contribution is 7.07. The molecular formula is C27H22N2O4S. The topological polar surface area (TPSA) is 69.9 Å². The molecule has 1 aliphatic rings. The molecule has 0 unspecified atom stereocenters. The van der Waals surface area contributed by atoms with Gasteiger partial charge in [-0.2, -0.15) is 0 Å². The number of rotatable bonds is 4. The van der Waals surface area contributed by atoms with Crippen molar-refractivity contribution in [2.75, 3.05) is 14.2 Å². The number of thiazole rings is 1. The van der Waals surface area contributed by atoms with Crippen LogP contribution in [0.25, 0.3) is 16.8 Å². The second-order valence-electron chi connectivity index (χ2n) is 7.89. The summed E-state index contributed by atoms with van der Waals surface area (Å²) >= 11 is 1.29. The van der Waals surface area contributed by atoms with Gasteiger partial charge in [0, 0.05) is 5.56 Å². The fraction of sp³-hybridized carbons (Fsp3) is 0.148. The van der Waals surface area contributed by atoms with Crippen molar-refractivity contribution in [2.45, 2.75) is 13.0 Å². The minimum absolute atomic E-state index is 0.221. The molecule has 4 aromatic rings. The maximum atomic E-state index is 13.8. The highest BCUT2D eigenvalue weighted by Crippen LogP contribution is 2.31. The molecular weight excluding hydrogens is 448 g/mol. The van der Waals surface area contributed by atoms with Crippen LogP contribution in [0.4, 0.5) is 0 Å². The Morgan fingerprint density at radius 1 is 1.03 bits per heavy atom. The van der Waals surface area contributed by atoms with Gasteiger partial charge < -0.3 is 9.47 Å². The molecule has 2 heterocycles. The van der Waals surface area contributed by atoms with E-state index < -0.39 is 12.0 Å². The highest BCUT2D eigenvalue weighted by Gasteiger charge is 2.32. The van der Waals surface area contributed by atoms with Crippen molar-refractivity contribution in [1.82, 2.24) is 4.57 Å². The number of carbonyl (C=O) groups is 1. The van der Waals surface area contributed by atoms with E-state index >= 15 is 0 Å². The van der Waals surface area contributed by atoms with Gasteiger partial charge in [-0.1, -0.05) is 72.0 Å².